The van der Waals surface area contributed by atoms with Gasteiger partial charge in [-0.25, -0.2) is 13.2 Å². The molecule has 1 heterocycles. The van der Waals surface area contributed by atoms with Gasteiger partial charge in [-0.1, -0.05) is 29.8 Å². The van der Waals surface area contributed by atoms with Crippen molar-refractivity contribution in [3.05, 3.63) is 63.5 Å². The molecule has 0 saturated carbocycles. The quantitative estimate of drug-likeness (QED) is 0.677. The van der Waals surface area contributed by atoms with E-state index in [0.29, 0.717) is 21.7 Å². The van der Waals surface area contributed by atoms with E-state index in [2.05, 4.69) is 10.0 Å². The van der Waals surface area contributed by atoms with E-state index < -0.39 is 15.6 Å². The molecule has 2 aromatic carbocycles. The fourth-order valence-electron chi connectivity index (χ4n) is 2.44. The molecule has 130 valence electrons. The van der Waals surface area contributed by atoms with Gasteiger partial charge in [0.25, 0.3) is 10.0 Å². The fourth-order valence-corrected chi connectivity index (χ4v) is 3.77. The first-order valence-corrected chi connectivity index (χ1v) is 9.22. The van der Waals surface area contributed by atoms with Gasteiger partial charge in [0.2, 0.25) is 0 Å². The van der Waals surface area contributed by atoms with Crippen LogP contribution in [0.25, 0.3) is 11.0 Å². The van der Waals surface area contributed by atoms with E-state index in [-0.39, 0.29) is 10.6 Å². The minimum Gasteiger partial charge on any atom is -0.421 e. The molecule has 2 N–H and O–H groups in total. The Morgan fingerprint density at radius 3 is 2.48 bits per heavy atom. The van der Waals surface area contributed by atoms with Gasteiger partial charge in [-0.15, -0.1) is 0 Å². The van der Waals surface area contributed by atoms with Gasteiger partial charge in [-0.05, 0) is 36.8 Å². The highest BCUT2D eigenvalue weighted by molar-refractivity contribution is 7.92. The van der Waals surface area contributed by atoms with E-state index in [0.717, 1.165) is 5.56 Å². The van der Waals surface area contributed by atoms with Crippen molar-refractivity contribution >= 4 is 44.0 Å². The van der Waals surface area contributed by atoms with E-state index in [1.54, 1.807) is 44.3 Å². The topological polar surface area (TPSA) is 88.4 Å². The molecule has 0 aliphatic carbocycles. The van der Waals surface area contributed by atoms with Gasteiger partial charge in [-0.2, -0.15) is 0 Å². The zero-order valence-corrected chi connectivity index (χ0v) is 15.0. The van der Waals surface area contributed by atoms with Crippen LogP contribution in [0.2, 0.25) is 5.02 Å². The first kappa shape index (κ1) is 17.3. The molecule has 6 nitrogen and oxygen atoms in total. The number of hydrogen-bond acceptors (Lipinski definition) is 5. The Morgan fingerprint density at radius 1 is 1.08 bits per heavy atom. The van der Waals surface area contributed by atoms with Crippen LogP contribution in [-0.2, 0) is 10.0 Å². The molecule has 0 unspecified atom stereocenters. The molecule has 0 amide bonds. The van der Waals surface area contributed by atoms with Gasteiger partial charge < -0.3 is 9.73 Å². The summed E-state index contributed by atoms with van der Waals surface area (Å²) in [5.74, 6) is 0. The molecular formula is C17H15ClN2O4S. The summed E-state index contributed by atoms with van der Waals surface area (Å²) < 4.78 is 32.8. The minimum atomic E-state index is -4.01. The van der Waals surface area contributed by atoms with E-state index in [1.807, 2.05) is 0 Å². The molecule has 0 radical (unpaired) electrons. The van der Waals surface area contributed by atoms with Crippen molar-refractivity contribution in [2.24, 2.45) is 0 Å². The molecule has 1 aromatic heterocycles. The highest BCUT2D eigenvalue weighted by Crippen LogP contribution is 2.30. The van der Waals surface area contributed by atoms with Crippen LogP contribution in [-0.4, -0.2) is 15.5 Å². The zero-order chi connectivity index (χ0) is 18.2. The maximum Gasteiger partial charge on any atom is 0.363 e. The third-order valence-electron chi connectivity index (χ3n) is 3.75. The standard InChI is InChI=1S/C17H15ClN2O4S/c1-10-7-8-11(9-13(10)18)25(22,23)20-16-15(19-2)12-5-3-4-6-14(12)24-17(16)21/h3-9,19-20H,1-2H3. The summed E-state index contributed by atoms with van der Waals surface area (Å²) >= 11 is 6.01. The molecule has 3 rings (SSSR count). The third kappa shape index (κ3) is 3.20. The lowest BCUT2D eigenvalue weighted by Gasteiger charge is -2.13. The molecular weight excluding hydrogens is 364 g/mol. The van der Waals surface area contributed by atoms with Crippen LogP contribution in [0.15, 0.2) is 56.6 Å². The average molecular weight is 379 g/mol. The number of anilines is 2. The number of rotatable bonds is 4. The molecule has 0 aliphatic rings. The number of hydrogen-bond donors (Lipinski definition) is 2. The van der Waals surface area contributed by atoms with Gasteiger partial charge in [0.15, 0.2) is 5.69 Å². The van der Waals surface area contributed by atoms with Crippen molar-refractivity contribution in [1.29, 1.82) is 0 Å². The summed E-state index contributed by atoms with van der Waals surface area (Å²) in [5.41, 5.74) is 0.483. The van der Waals surface area contributed by atoms with E-state index in [4.69, 9.17) is 16.0 Å². The predicted octanol–water partition coefficient (Wildman–Crippen LogP) is 3.60. The molecule has 0 saturated heterocycles. The largest absolute Gasteiger partial charge is 0.421 e. The van der Waals surface area contributed by atoms with Gasteiger partial charge in [0.1, 0.15) is 5.58 Å². The highest BCUT2D eigenvalue weighted by Gasteiger charge is 2.21. The molecule has 0 spiro atoms. The number of aryl methyl sites for hydroxylation is 1. The van der Waals surface area contributed by atoms with E-state index >= 15 is 0 Å². The Hall–Kier alpha value is -2.51. The Balaban J connectivity index is 2.15. The Bertz CT molecular complexity index is 1120. The first-order chi connectivity index (χ1) is 11.8. The monoisotopic (exact) mass is 378 g/mol. The van der Waals surface area contributed by atoms with E-state index in [9.17, 15) is 13.2 Å². The van der Waals surface area contributed by atoms with Crippen molar-refractivity contribution in [3.8, 4) is 0 Å². The van der Waals surface area contributed by atoms with Crippen LogP contribution in [0.5, 0.6) is 0 Å². The Morgan fingerprint density at radius 2 is 1.80 bits per heavy atom. The van der Waals surface area contributed by atoms with Crippen LogP contribution >= 0.6 is 11.6 Å². The average Bonchev–Trinajstić information content (AvgIpc) is 2.57. The summed E-state index contributed by atoms with van der Waals surface area (Å²) in [6.07, 6.45) is 0. The number of halogens is 1. The molecule has 25 heavy (non-hydrogen) atoms. The smallest absolute Gasteiger partial charge is 0.363 e. The SMILES string of the molecule is CNc1c(NS(=O)(=O)c2ccc(C)c(Cl)c2)c(=O)oc2ccccc12. The van der Waals surface area contributed by atoms with Crippen molar-refractivity contribution in [2.75, 3.05) is 17.1 Å². The molecule has 8 heteroatoms. The van der Waals surface area contributed by atoms with Crippen molar-refractivity contribution in [3.63, 3.8) is 0 Å². The number of fused-ring (bicyclic) bond motifs is 1. The molecule has 0 atom stereocenters. The summed E-state index contributed by atoms with van der Waals surface area (Å²) in [7, 11) is -2.41. The lowest BCUT2D eigenvalue weighted by atomic mass is 10.2. The number of benzene rings is 2. The van der Waals surface area contributed by atoms with Crippen LogP contribution in [0.4, 0.5) is 11.4 Å². The van der Waals surface area contributed by atoms with E-state index in [1.165, 1.54) is 12.1 Å². The van der Waals surface area contributed by atoms with Crippen LogP contribution in [0.1, 0.15) is 5.56 Å². The zero-order valence-electron chi connectivity index (χ0n) is 13.5. The summed E-state index contributed by atoms with van der Waals surface area (Å²) in [6.45, 7) is 1.77. The van der Waals surface area contributed by atoms with Crippen LogP contribution < -0.4 is 15.7 Å². The number of nitrogens with one attached hydrogen (secondary N) is 2. The molecule has 3 aromatic rings. The molecule has 0 aliphatic heterocycles. The maximum absolute atomic E-state index is 12.6. The highest BCUT2D eigenvalue weighted by atomic mass is 35.5. The normalized spacial score (nSPS) is 11.5. The predicted molar refractivity (Wildman–Crippen MR) is 99.0 cm³/mol. The molecule has 0 fully saturated rings. The number of para-hydroxylation sites is 1. The van der Waals surface area contributed by atoms with Crippen molar-refractivity contribution in [1.82, 2.24) is 0 Å². The summed E-state index contributed by atoms with van der Waals surface area (Å²) in [6, 6.07) is 11.2. The molecule has 0 bridgehead atoms. The summed E-state index contributed by atoms with van der Waals surface area (Å²) in [4.78, 5) is 12.2. The second-order valence-corrected chi connectivity index (χ2v) is 7.49. The van der Waals surface area contributed by atoms with Crippen molar-refractivity contribution in [2.45, 2.75) is 11.8 Å². The van der Waals surface area contributed by atoms with Crippen molar-refractivity contribution < 1.29 is 12.8 Å². The van der Waals surface area contributed by atoms with Gasteiger partial charge >= 0.3 is 5.63 Å². The Labute approximate surface area is 149 Å². The third-order valence-corrected chi connectivity index (χ3v) is 5.51. The lowest BCUT2D eigenvalue weighted by Crippen LogP contribution is -2.20. The Kier molecular flexibility index (Phi) is 4.45. The number of sulfonamides is 1. The van der Waals surface area contributed by atoms with Gasteiger partial charge in [0.05, 0.1) is 10.6 Å². The van der Waals surface area contributed by atoms with Gasteiger partial charge in [0, 0.05) is 17.5 Å². The second-order valence-electron chi connectivity index (χ2n) is 5.40. The van der Waals surface area contributed by atoms with Crippen LogP contribution in [0.3, 0.4) is 0 Å². The maximum atomic E-state index is 12.6. The van der Waals surface area contributed by atoms with Gasteiger partial charge in [-0.3, -0.25) is 4.72 Å². The fraction of sp³-hybridized carbons (Fsp3) is 0.118. The first-order valence-electron chi connectivity index (χ1n) is 7.36. The minimum absolute atomic E-state index is 0.0438. The summed E-state index contributed by atoms with van der Waals surface area (Å²) in [5, 5.41) is 3.77. The second kappa shape index (κ2) is 6.42. The van der Waals surface area contributed by atoms with Crippen LogP contribution in [0, 0.1) is 6.92 Å². The lowest BCUT2D eigenvalue weighted by molar-refractivity contribution is 0.563.